The Bertz CT molecular complexity index is 451. The Morgan fingerprint density at radius 3 is 2.21 bits per heavy atom. The van der Waals surface area contributed by atoms with Gasteiger partial charge >= 0.3 is 0 Å². The average Bonchev–Trinajstić information content (AvgIpc) is 2.56. The largest absolute Gasteiger partial charge is 0.300 e. The van der Waals surface area contributed by atoms with E-state index >= 15 is 0 Å². The van der Waals surface area contributed by atoms with Gasteiger partial charge in [0.05, 0.1) is 6.26 Å². The lowest BCUT2D eigenvalue weighted by Crippen LogP contribution is -2.49. The van der Waals surface area contributed by atoms with E-state index in [-0.39, 0.29) is 11.3 Å². The van der Waals surface area contributed by atoms with Crippen molar-refractivity contribution in [3.63, 3.8) is 0 Å². The quantitative estimate of drug-likeness (QED) is 0.762. The molecular formula is C13H24N2O3S. The smallest absolute Gasteiger partial charge is 0.211 e. The minimum Gasteiger partial charge on any atom is -0.300 e. The van der Waals surface area contributed by atoms with Gasteiger partial charge in [-0.25, -0.2) is 8.42 Å². The molecule has 0 aromatic heterocycles. The fourth-order valence-corrected chi connectivity index (χ4v) is 3.90. The van der Waals surface area contributed by atoms with Crippen molar-refractivity contribution in [2.45, 2.75) is 26.7 Å². The van der Waals surface area contributed by atoms with Crippen LogP contribution in [0.25, 0.3) is 0 Å². The van der Waals surface area contributed by atoms with Gasteiger partial charge in [0.2, 0.25) is 10.0 Å². The standard InChI is InChI=1S/C13H24N2O3S/c1-13(2)5-4-11(12(13)16)10-14-6-8-15(9-7-14)19(3,17)18/h11H,4-10H2,1-3H3. The van der Waals surface area contributed by atoms with Crippen molar-refractivity contribution in [2.24, 2.45) is 11.3 Å². The SMILES string of the molecule is CC1(C)CCC(CN2CCN(S(C)(=O)=O)CC2)C1=O. The summed E-state index contributed by atoms with van der Waals surface area (Å²) >= 11 is 0. The molecule has 1 saturated heterocycles. The topological polar surface area (TPSA) is 57.7 Å². The Morgan fingerprint density at radius 1 is 1.21 bits per heavy atom. The van der Waals surface area contributed by atoms with Gasteiger partial charge in [-0.15, -0.1) is 0 Å². The van der Waals surface area contributed by atoms with Gasteiger partial charge in [0.15, 0.2) is 0 Å². The van der Waals surface area contributed by atoms with Crippen molar-refractivity contribution < 1.29 is 13.2 Å². The summed E-state index contributed by atoms with van der Waals surface area (Å²) in [6.45, 7) is 7.40. The van der Waals surface area contributed by atoms with E-state index in [0.717, 1.165) is 32.5 Å². The lowest BCUT2D eigenvalue weighted by atomic mass is 9.89. The molecule has 1 saturated carbocycles. The number of ketones is 1. The summed E-state index contributed by atoms with van der Waals surface area (Å²) in [5.41, 5.74) is -0.167. The van der Waals surface area contributed by atoms with E-state index in [0.29, 0.717) is 18.9 Å². The van der Waals surface area contributed by atoms with Crippen LogP contribution in [0, 0.1) is 11.3 Å². The second-order valence-corrected chi connectivity index (χ2v) is 8.43. The monoisotopic (exact) mass is 288 g/mol. The Balaban J connectivity index is 1.86. The van der Waals surface area contributed by atoms with Gasteiger partial charge in [0, 0.05) is 44.1 Å². The third-order valence-electron chi connectivity index (χ3n) is 4.43. The Kier molecular flexibility index (Phi) is 4.05. The van der Waals surface area contributed by atoms with Crippen LogP contribution in [0.15, 0.2) is 0 Å². The summed E-state index contributed by atoms with van der Waals surface area (Å²) in [5.74, 6) is 0.512. The molecule has 1 unspecified atom stereocenters. The first-order valence-electron chi connectivity index (χ1n) is 6.92. The molecule has 0 N–H and O–H groups in total. The number of hydrogen-bond acceptors (Lipinski definition) is 4. The molecule has 1 aliphatic carbocycles. The second kappa shape index (κ2) is 5.14. The van der Waals surface area contributed by atoms with Gasteiger partial charge in [-0.2, -0.15) is 4.31 Å². The average molecular weight is 288 g/mol. The fraction of sp³-hybridized carbons (Fsp3) is 0.923. The maximum atomic E-state index is 12.2. The Labute approximate surface area is 116 Å². The van der Waals surface area contributed by atoms with Crippen LogP contribution in [0.3, 0.4) is 0 Å². The van der Waals surface area contributed by atoms with E-state index in [1.165, 1.54) is 10.6 Å². The van der Waals surface area contributed by atoms with Crippen LogP contribution < -0.4 is 0 Å². The van der Waals surface area contributed by atoms with E-state index in [1.54, 1.807) is 0 Å². The van der Waals surface area contributed by atoms with Gasteiger partial charge in [-0.1, -0.05) is 13.8 Å². The number of Topliss-reactive ketones (excluding diaryl/α,β-unsaturated/α-hetero) is 1. The first-order valence-corrected chi connectivity index (χ1v) is 8.77. The Hall–Kier alpha value is -0.460. The van der Waals surface area contributed by atoms with E-state index in [2.05, 4.69) is 4.90 Å². The molecule has 2 fully saturated rings. The predicted molar refractivity (Wildman–Crippen MR) is 74.4 cm³/mol. The second-order valence-electron chi connectivity index (χ2n) is 6.45. The minimum absolute atomic E-state index is 0.139. The lowest BCUT2D eigenvalue weighted by molar-refractivity contribution is -0.128. The summed E-state index contributed by atoms with van der Waals surface area (Å²) in [4.78, 5) is 14.4. The molecule has 0 aromatic carbocycles. The van der Waals surface area contributed by atoms with Crippen molar-refractivity contribution in [3.8, 4) is 0 Å². The van der Waals surface area contributed by atoms with Gasteiger partial charge < -0.3 is 0 Å². The summed E-state index contributed by atoms with van der Waals surface area (Å²) in [7, 11) is -3.07. The third kappa shape index (κ3) is 3.35. The highest BCUT2D eigenvalue weighted by molar-refractivity contribution is 7.88. The summed E-state index contributed by atoms with van der Waals surface area (Å²) in [6.07, 6.45) is 3.20. The highest BCUT2D eigenvalue weighted by atomic mass is 32.2. The molecule has 1 aliphatic heterocycles. The molecule has 0 amide bonds. The van der Waals surface area contributed by atoms with Gasteiger partial charge in [-0.05, 0) is 12.8 Å². The molecule has 19 heavy (non-hydrogen) atoms. The number of carbonyl (C=O) groups excluding carboxylic acids is 1. The molecule has 6 heteroatoms. The summed E-state index contributed by atoms with van der Waals surface area (Å²) < 4.78 is 24.4. The zero-order valence-electron chi connectivity index (χ0n) is 12.1. The molecule has 0 aromatic rings. The normalized spacial score (nSPS) is 29.8. The van der Waals surface area contributed by atoms with Crippen LogP contribution >= 0.6 is 0 Å². The number of hydrogen-bond donors (Lipinski definition) is 0. The summed E-state index contributed by atoms with van der Waals surface area (Å²) in [6, 6.07) is 0. The third-order valence-corrected chi connectivity index (χ3v) is 5.74. The highest BCUT2D eigenvalue weighted by Crippen LogP contribution is 2.37. The molecule has 1 heterocycles. The molecule has 110 valence electrons. The minimum atomic E-state index is -3.07. The lowest BCUT2D eigenvalue weighted by Gasteiger charge is -2.34. The van der Waals surface area contributed by atoms with Crippen molar-refractivity contribution in [1.29, 1.82) is 0 Å². The van der Waals surface area contributed by atoms with E-state index in [4.69, 9.17) is 0 Å². The van der Waals surface area contributed by atoms with Gasteiger partial charge in [0.25, 0.3) is 0 Å². The van der Waals surface area contributed by atoms with Crippen LogP contribution in [-0.2, 0) is 14.8 Å². The molecule has 2 aliphatic rings. The molecule has 0 spiro atoms. The van der Waals surface area contributed by atoms with Crippen molar-refractivity contribution >= 4 is 15.8 Å². The van der Waals surface area contributed by atoms with E-state index in [9.17, 15) is 13.2 Å². The van der Waals surface area contributed by atoms with Crippen molar-refractivity contribution in [3.05, 3.63) is 0 Å². The van der Waals surface area contributed by atoms with Crippen LogP contribution in [0.2, 0.25) is 0 Å². The molecule has 0 radical (unpaired) electrons. The molecule has 0 bridgehead atoms. The molecular weight excluding hydrogens is 264 g/mol. The van der Waals surface area contributed by atoms with Crippen LogP contribution in [0.1, 0.15) is 26.7 Å². The number of sulfonamides is 1. The van der Waals surface area contributed by atoms with E-state index < -0.39 is 10.0 Å². The number of rotatable bonds is 3. The van der Waals surface area contributed by atoms with Crippen LogP contribution in [0.4, 0.5) is 0 Å². The molecule has 5 nitrogen and oxygen atoms in total. The number of carbonyl (C=O) groups is 1. The predicted octanol–water partition coefficient (Wildman–Crippen LogP) is 0.569. The Morgan fingerprint density at radius 2 is 1.79 bits per heavy atom. The zero-order valence-corrected chi connectivity index (χ0v) is 12.9. The van der Waals surface area contributed by atoms with Crippen LogP contribution in [-0.4, -0.2) is 62.4 Å². The highest BCUT2D eigenvalue weighted by Gasteiger charge is 2.41. The number of piperazine rings is 1. The maximum absolute atomic E-state index is 12.2. The van der Waals surface area contributed by atoms with E-state index in [1.807, 2.05) is 13.8 Å². The van der Waals surface area contributed by atoms with Gasteiger partial charge in [-0.3, -0.25) is 9.69 Å². The molecule has 2 rings (SSSR count). The maximum Gasteiger partial charge on any atom is 0.211 e. The summed E-state index contributed by atoms with van der Waals surface area (Å²) in [5, 5.41) is 0. The first kappa shape index (κ1) is 14.9. The zero-order chi connectivity index (χ0) is 14.3. The van der Waals surface area contributed by atoms with Crippen molar-refractivity contribution in [1.82, 2.24) is 9.21 Å². The molecule has 1 atom stereocenters. The van der Waals surface area contributed by atoms with Gasteiger partial charge in [0.1, 0.15) is 5.78 Å². The number of nitrogens with zero attached hydrogens (tertiary/aromatic N) is 2. The fourth-order valence-electron chi connectivity index (χ4n) is 3.07. The first-order chi connectivity index (χ1) is 8.70. The van der Waals surface area contributed by atoms with Crippen LogP contribution in [0.5, 0.6) is 0 Å². The van der Waals surface area contributed by atoms with Crippen molar-refractivity contribution in [2.75, 3.05) is 39.0 Å².